The van der Waals surface area contributed by atoms with Gasteiger partial charge in [-0.05, 0) is 32.6 Å². The van der Waals surface area contributed by atoms with Gasteiger partial charge in [-0.1, -0.05) is 57.6 Å². The highest BCUT2D eigenvalue weighted by molar-refractivity contribution is 5.77. The summed E-state index contributed by atoms with van der Waals surface area (Å²) in [6, 6.07) is 0. The Morgan fingerprint density at radius 1 is 0.708 bits per heavy atom. The zero-order valence-electron chi connectivity index (χ0n) is 15.7. The Bertz CT molecular complexity index is 337. The molecule has 140 valence electrons. The molecule has 0 aromatic rings. The van der Waals surface area contributed by atoms with Gasteiger partial charge in [0.1, 0.15) is 0 Å². The molecule has 0 fully saturated rings. The van der Waals surface area contributed by atoms with E-state index in [9.17, 15) is 9.59 Å². The second-order valence-electron chi connectivity index (χ2n) is 6.02. The molecule has 0 radical (unpaired) electrons. The first kappa shape index (κ1) is 22.7. The molecular formula is C20H36O4. The molecule has 24 heavy (non-hydrogen) atoms. The summed E-state index contributed by atoms with van der Waals surface area (Å²) in [5.74, 6) is -0.643. The van der Waals surface area contributed by atoms with E-state index in [1.54, 1.807) is 6.92 Å². The van der Waals surface area contributed by atoms with Gasteiger partial charge in [-0.2, -0.15) is 0 Å². The van der Waals surface area contributed by atoms with Crippen LogP contribution in [0.2, 0.25) is 0 Å². The molecule has 0 aliphatic heterocycles. The molecule has 0 unspecified atom stereocenters. The van der Waals surface area contributed by atoms with Gasteiger partial charge >= 0.3 is 11.9 Å². The number of esters is 2. The fourth-order valence-electron chi connectivity index (χ4n) is 2.40. The predicted molar refractivity (Wildman–Crippen MR) is 97.8 cm³/mol. The van der Waals surface area contributed by atoms with Gasteiger partial charge in [0, 0.05) is 0 Å². The van der Waals surface area contributed by atoms with E-state index in [-0.39, 0.29) is 24.8 Å². The summed E-state index contributed by atoms with van der Waals surface area (Å²) < 4.78 is 9.87. The van der Waals surface area contributed by atoms with Gasteiger partial charge < -0.3 is 9.47 Å². The van der Waals surface area contributed by atoms with Crippen molar-refractivity contribution in [2.45, 2.75) is 90.9 Å². The van der Waals surface area contributed by atoms with E-state index < -0.39 is 0 Å². The maximum Gasteiger partial charge on any atom is 0.306 e. The van der Waals surface area contributed by atoms with Crippen molar-refractivity contribution < 1.29 is 19.1 Å². The summed E-state index contributed by atoms with van der Waals surface area (Å²) in [6.45, 7) is 4.73. The first-order valence-corrected chi connectivity index (χ1v) is 9.66. The van der Waals surface area contributed by atoms with Crippen molar-refractivity contribution in [2.75, 3.05) is 13.2 Å². The highest BCUT2D eigenvalue weighted by atomic mass is 16.5. The fourth-order valence-corrected chi connectivity index (χ4v) is 2.40. The van der Waals surface area contributed by atoms with Crippen molar-refractivity contribution in [2.24, 2.45) is 0 Å². The molecule has 0 N–H and O–H groups in total. The predicted octanol–water partition coefficient (Wildman–Crippen LogP) is 5.35. The van der Waals surface area contributed by atoms with E-state index in [1.807, 2.05) is 0 Å². The van der Waals surface area contributed by atoms with Crippen molar-refractivity contribution in [1.29, 1.82) is 0 Å². The van der Waals surface area contributed by atoms with Crippen LogP contribution in [0, 0.1) is 0 Å². The van der Waals surface area contributed by atoms with Gasteiger partial charge in [-0.25, -0.2) is 0 Å². The molecule has 0 heterocycles. The number of carbonyl (C=O) groups is 2. The monoisotopic (exact) mass is 340 g/mol. The SMILES string of the molecule is CC/C=C/CCCCCCCCCCOC(=O)CCC(=O)OCC. The zero-order valence-corrected chi connectivity index (χ0v) is 15.7. The number of unbranched alkanes of at least 4 members (excludes halogenated alkanes) is 8. The standard InChI is InChI=1S/C20H36O4/c1-3-5-6-7-8-9-10-11-12-13-14-15-18-24-20(22)17-16-19(21)23-4-2/h5-6H,3-4,7-18H2,1-2H3/b6-5+. The first-order valence-electron chi connectivity index (χ1n) is 9.66. The summed E-state index contributed by atoms with van der Waals surface area (Å²) in [6.07, 6.45) is 16.8. The lowest BCUT2D eigenvalue weighted by Crippen LogP contribution is -2.10. The van der Waals surface area contributed by atoms with Crippen molar-refractivity contribution >= 4 is 11.9 Å². The van der Waals surface area contributed by atoms with Crippen molar-refractivity contribution in [1.82, 2.24) is 0 Å². The van der Waals surface area contributed by atoms with Crippen molar-refractivity contribution in [3.8, 4) is 0 Å². The number of ether oxygens (including phenoxy) is 2. The lowest BCUT2D eigenvalue weighted by Gasteiger charge is -2.05. The average molecular weight is 341 g/mol. The van der Waals surface area contributed by atoms with Gasteiger partial charge in [-0.3, -0.25) is 9.59 Å². The van der Waals surface area contributed by atoms with E-state index in [4.69, 9.17) is 9.47 Å². The summed E-state index contributed by atoms with van der Waals surface area (Å²) in [5, 5.41) is 0. The quantitative estimate of drug-likeness (QED) is 0.216. The maximum atomic E-state index is 11.4. The largest absolute Gasteiger partial charge is 0.466 e. The molecular weight excluding hydrogens is 304 g/mol. The molecule has 0 aliphatic carbocycles. The molecule has 0 saturated carbocycles. The number of hydrogen-bond acceptors (Lipinski definition) is 4. The molecule has 0 rings (SSSR count). The van der Waals surface area contributed by atoms with Crippen LogP contribution in [-0.4, -0.2) is 25.2 Å². The number of rotatable bonds is 16. The highest BCUT2D eigenvalue weighted by Crippen LogP contribution is 2.10. The maximum absolute atomic E-state index is 11.4. The molecule has 0 aliphatic rings. The molecule has 0 amide bonds. The molecule has 0 aromatic heterocycles. The fraction of sp³-hybridized carbons (Fsp3) is 0.800. The Labute approximate surface area is 148 Å². The Morgan fingerprint density at radius 3 is 1.83 bits per heavy atom. The number of hydrogen-bond donors (Lipinski definition) is 0. The minimum atomic E-state index is -0.337. The van der Waals surface area contributed by atoms with Crippen LogP contribution >= 0.6 is 0 Å². The van der Waals surface area contributed by atoms with Crippen LogP contribution in [0.15, 0.2) is 12.2 Å². The third kappa shape index (κ3) is 17.0. The molecule has 0 saturated heterocycles. The van der Waals surface area contributed by atoms with Gasteiger partial charge in [0.25, 0.3) is 0 Å². The third-order valence-electron chi connectivity index (χ3n) is 3.77. The van der Waals surface area contributed by atoms with Crippen LogP contribution in [0.5, 0.6) is 0 Å². The van der Waals surface area contributed by atoms with Crippen LogP contribution in [0.1, 0.15) is 90.9 Å². The number of carbonyl (C=O) groups excluding carboxylic acids is 2. The molecule has 0 spiro atoms. The van der Waals surface area contributed by atoms with E-state index >= 15 is 0 Å². The third-order valence-corrected chi connectivity index (χ3v) is 3.77. The van der Waals surface area contributed by atoms with E-state index in [2.05, 4.69) is 19.1 Å². The Kier molecular flexibility index (Phi) is 17.0. The topological polar surface area (TPSA) is 52.6 Å². The first-order chi connectivity index (χ1) is 11.7. The molecule has 4 heteroatoms. The second-order valence-corrected chi connectivity index (χ2v) is 6.02. The van der Waals surface area contributed by atoms with E-state index in [0.717, 1.165) is 19.3 Å². The summed E-state index contributed by atoms with van der Waals surface area (Å²) in [7, 11) is 0. The molecule has 4 nitrogen and oxygen atoms in total. The zero-order chi connectivity index (χ0) is 17.9. The van der Waals surface area contributed by atoms with Crippen LogP contribution in [-0.2, 0) is 19.1 Å². The molecule has 0 atom stereocenters. The minimum Gasteiger partial charge on any atom is -0.466 e. The van der Waals surface area contributed by atoms with Crippen LogP contribution in [0.4, 0.5) is 0 Å². The highest BCUT2D eigenvalue weighted by Gasteiger charge is 2.08. The molecule has 0 aromatic carbocycles. The van der Waals surface area contributed by atoms with Gasteiger partial charge in [0.05, 0.1) is 26.1 Å². The van der Waals surface area contributed by atoms with Gasteiger partial charge in [-0.15, -0.1) is 0 Å². The summed E-state index contributed by atoms with van der Waals surface area (Å²) in [5.41, 5.74) is 0. The van der Waals surface area contributed by atoms with E-state index in [0.29, 0.717) is 13.2 Å². The second kappa shape index (κ2) is 18.0. The van der Waals surface area contributed by atoms with Crippen molar-refractivity contribution in [3.63, 3.8) is 0 Å². The summed E-state index contributed by atoms with van der Waals surface area (Å²) >= 11 is 0. The smallest absolute Gasteiger partial charge is 0.306 e. The van der Waals surface area contributed by atoms with Crippen LogP contribution in [0.3, 0.4) is 0 Å². The lowest BCUT2D eigenvalue weighted by atomic mass is 10.1. The lowest BCUT2D eigenvalue weighted by molar-refractivity contribution is -0.150. The summed E-state index contributed by atoms with van der Waals surface area (Å²) in [4.78, 5) is 22.5. The Morgan fingerprint density at radius 2 is 1.25 bits per heavy atom. The van der Waals surface area contributed by atoms with Crippen molar-refractivity contribution in [3.05, 3.63) is 12.2 Å². The van der Waals surface area contributed by atoms with Crippen LogP contribution < -0.4 is 0 Å². The Hall–Kier alpha value is -1.32. The number of allylic oxidation sites excluding steroid dienone is 2. The Balaban J connectivity index is 3.23. The van der Waals surface area contributed by atoms with Gasteiger partial charge in [0.15, 0.2) is 0 Å². The average Bonchev–Trinajstić information content (AvgIpc) is 2.57. The molecule has 0 bridgehead atoms. The van der Waals surface area contributed by atoms with Gasteiger partial charge in [0.2, 0.25) is 0 Å². The normalized spacial score (nSPS) is 10.9. The van der Waals surface area contributed by atoms with E-state index in [1.165, 1.54) is 44.9 Å². The minimum absolute atomic E-state index is 0.112. The van der Waals surface area contributed by atoms with Crippen LogP contribution in [0.25, 0.3) is 0 Å².